The lowest BCUT2D eigenvalue weighted by Gasteiger charge is -2.33. The number of aromatic nitrogens is 4. The minimum Gasteiger partial charge on any atom is -0.435 e. The number of amides is 1. The van der Waals surface area contributed by atoms with Gasteiger partial charge in [0, 0.05) is 57.5 Å². The fourth-order valence-corrected chi connectivity index (χ4v) is 5.57. The van der Waals surface area contributed by atoms with E-state index in [1.165, 1.54) is 22.3 Å². The zero-order valence-corrected chi connectivity index (χ0v) is 20.6. The number of imidazole rings is 1. The summed E-state index contributed by atoms with van der Waals surface area (Å²) in [5, 5.41) is 4.23. The number of halogens is 2. The normalized spacial score (nSPS) is 20.7. The van der Waals surface area contributed by atoms with E-state index in [-0.39, 0.29) is 29.2 Å². The third-order valence-corrected chi connectivity index (χ3v) is 7.58. The molecule has 2 aromatic heterocycles. The monoisotopic (exact) mass is 499 g/mol. The van der Waals surface area contributed by atoms with Crippen LogP contribution in [0, 0.1) is 11.8 Å². The zero-order chi connectivity index (χ0) is 25.4. The van der Waals surface area contributed by atoms with Crippen molar-refractivity contribution < 1.29 is 18.3 Å². The lowest BCUT2D eigenvalue weighted by Crippen LogP contribution is -2.40. The van der Waals surface area contributed by atoms with Crippen molar-refractivity contribution in [3.8, 4) is 5.75 Å². The van der Waals surface area contributed by atoms with Crippen molar-refractivity contribution in [1.29, 1.82) is 0 Å². The summed E-state index contributed by atoms with van der Waals surface area (Å²) in [6.45, 7) is -1.09. The van der Waals surface area contributed by atoms with Gasteiger partial charge in [0.2, 0.25) is 5.91 Å². The topological polar surface area (TPSA) is 74.3 Å². The van der Waals surface area contributed by atoms with Gasteiger partial charge in [-0.05, 0) is 55.7 Å². The van der Waals surface area contributed by atoms with Gasteiger partial charge in [0.05, 0.1) is 17.2 Å². The van der Waals surface area contributed by atoms with Gasteiger partial charge in [-0.1, -0.05) is 6.08 Å². The Bertz CT molecular complexity index is 1350. The fraction of sp³-hybridized carbons (Fsp3) is 0.500. The average molecular weight is 500 g/mol. The summed E-state index contributed by atoms with van der Waals surface area (Å²) < 4.78 is 34.9. The lowest BCUT2D eigenvalue weighted by molar-refractivity contribution is -0.136. The molecular formula is C26H31F2N5O3. The second-order valence-electron chi connectivity index (χ2n) is 9.87. The van der Waals surface area contributed by atoms with Crippen LogP contribution in [-0.2, 0) is 25.4 Å². The Morgan fingerprint density at radius 2 is 1.94 bits per heavy atom. The second-order valence-corrected chi connectivity index (χ2v) is 9.87. The first kappa shape index (κ1) is 24.3. The first-order valence-electron chi connectivity index (χ1n) is 12.4. The van der Waals surface area contributed by atoms with Crippen LogP contribution in [0.25, 0.3) is 16.6 Å². The van der Waals surface area contributed by atoms with Crippen LogP contribution < -0.4 is 10.4 Å². The number of rotatable bonds is 6. The molecule has 5 rings (SSSR count). The number of aryl methyl sites for hydroxylation is 2. The van der Waals surface area contributed by atoms with E-state index in [2.05, 4.69) is 15.9 Å². The van der Waals surface area contributed by atoms with E-state index in [4.69, 9.17) is 0 Å². The molecule has 8 nitrogen and oxygen atoms in total. The van der Waals surface area contributed by atoms with Crippen molar-refractivity contribution in [1.82, 2.24) is 23.8 Å². The van der Waals surface area contributed by atoms with Crippen molar-refractivity contribution in [3.05, 3.63) is 52.7 Å². The maximum Gasteiger partial charge on any atom is 0.387 e. The number of carbonyl (C=O) groups is 1. The molecule has 3 heterocycles. The van der Waals surface area contributed by atoms with Crippen LogP contribution in [0.5, 0.6) is 5.75 Å². The lowest BCUT2D eigenvalue weighted by atomic mass is 9.81. The largest absolute Gasteiger partial charge is 0.435 e. The SMILES string of the molecule is Cn1cc(C2=CCN(C(=O)C3CCC(Cn4c(=O)n(C)c5ccc(OC(F)F)cc54)CC3)CC2)cn1. The molecule has 0 unspecified atom stereocenters. The Balaban J connectivity index is 1.21. The number of fused-ring (bicyclic) bond motifs is 1. The minimum atomic E-state index is -2.92. The van der Waals surface area contributed by atoms with Gasteiger partial charge in [-0.2, -0.15) is 13.9 Å². The number of hydrogen-bond acceptors (Lipinski definition) is 4. The first-order chi connectivity index (χ1) is 17.3. The van der Waals surface area contributed by atoms with Crippen LogP contribution in [0.1, 0.15) is 37.7 Å². The number of carbonyl (C=O) groups excluding carboxylic acids is 1. The van der Waals surface area contributed by atoms with Gasteiger partial charge in [0.25, 0.3) is 0 Å². The number of nitrogens with zero attached hydrogens (tertiary/aromatic N) is 5. The van der Waals surface area contributed by atoms with Gasteiger partial charge in [0.1, 0.15) is 5.75 Å². The molecule has 0 bridgehead atoms. The highest BCUT2D eigenvalue weighted by Crippen LogP contribution is 2.33. The number of ether oxygens (including phenoxy) is 1. The Kier molecular flexibility index (Phi) is 6.68. The third kappa shape index (κ3) is 4.81. The molecule has 2 aliphatic rings. The Labute approximate surface area is 207 Å². The summed E-state index contributed by atoms with van der Waals surface area (Å²) in [6, 6.07) is 4.58. The fourth-order valence-electron chi connectivity index (χ4n) is 5.57. The van der Waals surface area contributed by atoms with Crippen LogP contribution in [0.2, 0.25) is 0 Å². The molecule has 1 amide bonds. The minimum absolute atomic E-state index is 0.00451. The molecule has 1 aliphatic carbocycles. The molecule has 0 N–H and O–H groups in total. The maximum absolute atomic E-state index is 13.2. The average Bonchev–Trinajstić information content (AvgIpc) is 3.41. The number of hydrogen-bond donors (Lipinski definition) is 0. The predicted octanol–water partition coefficient (Wildman–Crippen LogP) is 3.80. The first-order valence-corrected chi connectivity index (χ1v) is 12.4. The maximum atomic E-state index is 13.2. The van der Waals surface area contributed by atoms with E-state index in [9.17, 15) is 18.4 Å². The van der Waals surface area contributed by atoms with Crippen molar-refractivity contribution >= 4 is 22.5 Å². The van der Waals surface area contributed by atoms with Gasteiger partial charge in [0.15, 0.2) is 0 Å². The van der Waals surface area contributed by atoms with E-state index in [0.717, 1.165) is 37.7 Å². The van der Waals surface area contributed by atoms with E-state index >= 15 is 0 Å². The number of alkyl halides is 2. The van der Waals surface area contributed by atoms with E-state index in [0.29, 0.717) is 30.7 Å². The van der Waals surface area contributed by atoms with Crippen molar-refractivity contribution in [3.63, 3.8) is 0 Å². The molecule has 10 heteroatoms. The van der Waals surface area contributed by atoms with Crippen LogP contribution >= 0.6 is 0 Å². The Hall–Kier alpha value is -3.43. The molecule has 192 valence electrons. The van der Waals surface area contributed by atoms with Gasteiger partial charge in [-0.15, -0.1) is 0 Å². The molecule has 1 saturated carbocycles. The summed E-state index contributed by atoms with van der Waals surface area (Å²) in [4.78, 5) is 28.0. The molecule has 0 spiro atoms. The molecule has 36 heavy (non-hydrogen) atoms. The predicted molar refractivity (Wildman–Crippen MR) is 132 cm³/mol. The molecular weight excluding hydrogens is 468 g/mol. The highest BCUT2D eigenvalue weighted by Gasteiger charge is 2.31. The molecule has 3 aromatic rings. The zero-order valence-electron chi connectivity index (χ0n) is 20.6. The summed E-state index contributed by atoms with van der Waals surface area (Å²) in [7, 11) is 3.58. The molecule has 0 atom stereocenters. The van der Waals surface area contributed by atoms with E-state index in [1.807, 2.05) is 24.3 Å². The van der Waals surface area contributed by atoms with Gasteiger partial charge < -0.3 is 9.64 Å². The van der Waals surface area contributed by atoms with E-state index in [1.54, 1.807) is 22.4 Å². The summed E-state index contributed by atoms with van der Waals surface area (Å²) in [5.41, 5.74) is 3.43. The Morgan fingerprint density at radius 1 is 1.17 bits per heavy atom. The molecule has 0 radical (unpaired) electrons. The quantitative estimate of drug-likeness (QED) is 0.517. The highest BCUT2D eigenvalue weighted by molar-refractivity contribution is 5.80. The molecule has 1 aromatic carbocycles. The summed E-state index contributed by atoms with van der Waals surface area (Å²) in [6.07, 6.45) is 10.1. The Morgan fingerprint density at radius 3 is 2.58 bits per heavy atom. The van der Waals surface area contributed by atoms with Gasteiger partial charge >= 0.3 is 12.3 Å². The highest BCUT2D eigenvalue weighted by atomic mass is 19.3. The molecule has 1 aliphatic heterocycles. The van der Waals surface area contributed by atoms with Crippen LogP contribution in [-0.4, -0.2) is 49.4 Å². The van der Waals surface area contributed by atoms with Crippen LogP contribution in [0.4, 0.5) is 8.78 Å². The summed E-state index contributed by atoms with van der Waals surface area (Å²) >= 11 is 0. The van der Waals surface area contributed by atoms with Crippen LogP contribution in [0.15, 0.2) is 41.5 Å². The molecule has 1 fully saturated rings. The number of benzene rings is 1. The van der Waals surface area contributed by atoms with E-state index < -0.39 is 6.61 Å². The van der Waals surface area contributed by atoms with Crippen molar-refractivity contribution in [2.45, 2.75) is 45.3 Å². The molecule has 0 saturated heterocycles. The third-order valence-electron chi connectivity index (χ3n) is 7.58. The standard InChI is InChI=1S/C26H31F2N5O3/c1-30-16-20(14-29-30)18-9-11-32(12-10-18)24(34)19-5-3-17(4-6-19)15-33-23-13-21(36-25(27)28)7-8-22(23)31(2)26(33)35/h7-9,13-14,16-17,19,25H,3-6,10-12,15H2,1-2H3. The van der Waals surface area contributed by atoms with Gasteiger partial charge in [-0.25, -0.2) is 4.79 Å². The van der Waals surface area contributed by atoms with Crippen LogP contribution in [0.3, 0.4) is 0 Å². The van der Waals surface area contributed by atoms with Crippen molar-refractivity contribution in [2.75, 3.05) is 13.1 Å². The van der Waals surface area contributed by atoms with Gasteiger partial charge in [-0.3, -0.25) is 18.6 Å². The second kappa shape index (κ2) is 9.91. The smallest absolute Gasteiger partial charge is 0.387 e. The van der Waals surface area contributed by atoms with Crippen molar-refractivity contribution in [2.24, 2.45) is 25.9 Å². The summed E-state index contributed by atoms with van der Waals surface area (Å²) in [5.74, 6) is 0.500.